The molecule has 3 aliphatic rings. The van der Waals surface area contributed by atoms with Gasteiger partial charge in [0.15, 0.2) is 0 Å². The molecule has 0 saturated carbocycles. The van der Waals surface area contributed by atoms with Crippen LogP contribution in [0.4, 0.5) is 0 Å². The van der Waals surface area contributed by atoms with Crippen LogP contribution in [-0.4, -0.2) is 37.1 Å². The quantitative estimate of drug-likeness (QED) is 0.636. The summed E-state index contributed by atoms with van der Waals surface area (Å²) in [5.41, 5.74) is 6.09. The van der Waals surface area contributed by atoms with Gasteiger partial charge in [-0.15, -0.1) is 0 Å². The molecule has 5 rings (SSSR count). The van der Waals surface area contributed by atoms with E-state index < -0.39 is 0 Å². The summed E-state index contributed by atoms with van der Waals surface area (Å²) in [7, 11) is 0. The zero-order valence-corrected chi connectivity index (χ0v) is 18.7. The predicted molar refractivity (Wildman–Crippen MR) is 126 cm³/mol. The fourth-order valence-corrected chi connectivity index (χ4v) is 4.53. The summed E-state index contributed by atoms with van der Waals surface area (Å²) in [4.78, 5) is 9.84. The van der Waals surface area contributed by atoms with Crippen molar-refractivity contribution in [3.8, 4) is 11.1 Å². The van der Waals surface area contributed by atoms with E-state index in [1.807, 2.05) is 0 Å². The van der Waals surface area contributed by atoms with E-state index in [4.69, 9.17) is 19.5 Å². The van der Waals surface area contributed by atoms with Crippen LogP contribution < -0.4 is 0 Å². The highest BCUT2D eigenvalue weighted by Crippen LogP contribution is 2.46. The average Bonchev–Trinajstić information content (AvgIpc) is 3.50. The highest BCUT2D eigenvalue weighted by molar-refractivity contribution is 6.19. The van der Waals surface area contributed by atoms with Crippen molar-refractivity contribution in [2.75, 3.05) is 13.2 Å². The van der Waals surface area contributed by atoms with E-state index in [9.17, 15) is 0 Å². The van der Waals surface area contributed by atoms with Crippen LogP contribution in [0, 0.1) is 11.8 Å². The van der Waals surface area contributed by atoms with Gasteiger partial charge in [0.25, 0.3) is 0 Å². The molecule has 2 aromatic carbocycles. The van der Waals surface area contributed by atoms with Gasteiger partial charge >= 0.3 is 0 Å². The van der Waals surface area contributed by atoms with E-state index in [0.717, 1.165) is 5.57 Å². The Balaban J connectivity index is 1.62. The number of ether oxygens (including phenoxy) is 2. The molecule has 2 aliphatic heterocycles. The highest BCUT2D eigenvalue weighted by Gasteiger charge is 2.34. The van der Waals surface area contributed by atoms with Crippen LogP contribution in [0.15, 0.2) is 70.2 Å². The van der Waals surface area contributed by atoms with Crippen molar-refractivity contribution < 1.29 is 9.47 Å². The largest absolute Gasteiger partial charge is 0.475 e. The van der Waals surface area contributed by atoms with Crippen molar-refractivity contribution in [1.82, 2.24) is 0 Å². The van der Waals surface area contributed by atoms with Crippen LogP contribution in [0.3, 0.4) is 0 Å². The molecule has 2 heterocycles. The third-order valence-corrected chi connectivity index (χ3v) is 6.56. The van der Waals surface area contributed by atoms with Gasteiger partial charge in [-0.05, 0) is 34.1 Å². The minimum atomic E-state index is 0.121. The summed E-state index contributed by atoms with van der Waals surface area (Å²) in [6, 6.07) is 17.6. The Morgan fingerprint density at radius 2 is 1.23 bits per heavy atom. The topological polar surface area (TPSA) is 43.2 Å². The first-order valence-corrected chi connectivity index (χ1v) is 11.3. The maximum atomic E-state index is 6.10. The standard InChI is InChI=1S/C27H30N2O2/c1-16(2)24-14-30-26(28-24)23(27-29-25(15-31-27)17(3)4)13-22-20-11-7-5-9-18(20)19-10-6-8-12-21(19)22/h5-13,16-17,22,24-25H,14-15H2,1-4H3/t24-,25-/m1/s1. The number of fused-ring (bicyclic) bond motifs is 3. The summed E-state index contributed by atoms with van der Waals surface area (Å²) >= 11 is 0. The third-order valence-electron chi connectivity index (χ3n) is 6.56. The van der Waals surface area contributed by atoms with Gasteiger partial charge in [0.05, 0.1) is 17.7 Å². The molecule has 0 spiro atoms. The van der Waals surface area contributed by atoms with Crippen molar-refractivity contribution in [3.63, 3.8) is 0 Å². The number of hydrogen-bond acceptors (Lipinski definition) is 4. The molecule has 0 amide bonds. The summed E-state index contributed by atoms with van der Waals surface area (Å²) in [5.74, 6) is 2.33. The Bertz CT molecular complexity index is 999. The van der Waals surface area contributed by atoms with Gasteiger partial charge in [0.1, 0.15) is 13.2 Å². The van der Waals surface area contributed by atoms with Crippen molar-refractivity contribution in [1.29, 1.82) is 0 Å². The number of rotatable bonds is 5. The first-order chi connectivity index (χ1) is 15.0. The van der Waals surface area contributed by atoms with Gasteiger partial charge in [-0.2, -0.15) is 0 Å². The summed E-state index contributed by atoms with van der Waals surface area (Å²) < 4.78 is 12.2. The maximum Gasteiger partial charge on any atom is 0.221 e. The van der Waals surface area contributed by atoms with E-state index in [1.165, 1.54) is 22.3 Å². The molecule has 0 radical (unpaired) electrons. The monoisotopic (exact) mass is 414 g/mol. The van der Waals surface area contributed by atoms with Gasteiger partial charge < -0.3 is 9.47 Å². The molecule has 0 fully saturated rings. The number of nitrogens with zero attached hydrogens (tertiary/aromatic N) is 2. The first-order valence-electron chi connectivity index (χ1n) is 11.3. The normalized spacial score (nSPS) is 22.0. The molecule has 0 bridgehead atoms. The zero-order valence-electron chi connectivity index (χ0n) is 18.7. The molecule has 2 aromatic rings. The number of hydrogen-bond donors (Lipinski definition) is 0. The molecule has 4 nitrogen and oxygen atoms in total. The number of benzene rings is 2. The van der Waals surface area contributed by atoms with Crippen LogP contribution in [0.5, 0.6) is 0 Å². The Labute approximate surface area is 184 Å². The van der Waals surface area contributed by atoms with Crippen molar-refractivity contribution in [2.45, 2.75) is 45.7 Å². The number of allylic oxidation sites excluding steroid dienone is 1. The van der Waals surface area contributed by atoms with Crippen LogP contribution in [0.25, 0.3) is 11.1 Å². The molecule has 1 aliphatic carbocycles. The second-order valence-electron chi connectivity index (χ2n) is 9.35. The fourth-order valence-electron chi connectivity index (χ4n) is 4.53. The molecule has 0 aromatic heterocycles. The lowest BCUT2D eigenvalue weighted by atomic mass is 9.94. The Kier molecular flexibility index (Phi) is 5.17. The molecule has 0 N–H and O–H groups in total. The van der Waals surface area contributed by atoms with Crippen LogP contribution in [0.1, 0.15) is 44.7 Å². The smallest absolute Gasteiger partial charge is 0.221 e. The molecule has 2 atom stereocenters. The van der Waals surface area contributed by atoms with Crippen molar-refractivity contribution in [3.05, 3.63) is 71.3 Å². The van der Waals surface area contributed by atoms with Gasteiger partial charge in [-0.1, -0.05) is 82.3 Å². The first kappa shape index (κ1) is 20.0. The molecular weight excluding hydrogens is 384 g/mol. The third kappa shape index (κ3) is 3.58. The van der Waals surface area contributed by atoms with E-state index in [2.05, 4.69) is 82.3 Å². The van der Waals surface area contributed by atoms with Crippen LogP contribution in [-0.2, 0) is 9.47 Å². The summed E-state index contributed by atoms with van der Waals surface area (Å²) in [6.07, 6.45) is 2.26. The van der Waals surface area contributed by atoms with Gasteiger partial charge in [-0.25, -0.2) is 9.98 Å². The van der Waals surface area contributed by atoms with Crippen molar-refractivity contribution >= 4 is 11.8 Å². The molecule has 31 heavy (non-hydrogen) atoms. The molecule has 0 saturated heterocycles. The van der Waals surface area contributed by atoms with Gasteiger partial charge in [0, 0.05) is 5.92 Å². The van der Waals surface area contributed by atoms with E-state index in [-0.39, 0.29) is 18.0 Å². The lowest BCUT2D eigenvalue weighted by Crippen LogP contribution is -2.15. The minimum absolute atomic E-state index is 0.121. The lowest BCUT2D eigenvalue weighted by molar-refractivity contribution is 0.284. The number of aliphatic imine (C=N–C) groups is 2. The summed E-state index contributed by atoms with van der Waals surface area (Å²) in [6.45, 7) is 9.97. The molecule has 4 heteroatoms. The van der Waals surface area contributed by atoms with Gasteiger partial charge in [-0.3, -0.25) is 0 Å². The molecular formula is C27H30N2O2. The zero-order chi connectivity index (χ0) is 21.5. The minimum Gasteiger partial charge on any atom is -0.475 e. The second-order valence-corrected chi connectivity index (χ2v) is 9.35. The Hall–Kier alpha value is -2.88. The predicted octanol–water partition coefficient (Wildman–Crippen LogP) is 5.63. The molecule has 160 valence electrons. The highest BCUT2D eigenvalue weighted by atomic mass is 16.5. The van der Waals surface area contributed by atoms with Crippen LogP contribution in [0.2, 0.25) is 0 Å². The maximum absolute atomic E-state index is 6.10. The van der Waals surface area contributed by atoms with Gasteiger partial charge in [0.2, 0.25) is 11.8 Å². The second kappa shape index (κ2) is 7.99. The van der Waals surface area contributed by atoms with Crippen LogP contribution >= 0.6 is 0 Å². The molecule has 0 unspecified atom stereocenters. The Morgan fingerprint density at radius 3 is 1.65 bits per heavy atom. The average molecular weight is 415 g/mol. The van der Waals surface area contributed by atoms with Crippen molar-refractivity contribution in [2.24, 2.45) is 21.8 Å². The SMILES string of the molecule is CC(C)[C@H]1COC(C(=CC2c3ccccc3-c3ccccc32)C2=N[C@@H](C(C)C)CO2)=N1. The van der Waals surface area contributed by atoms with E-state index in [0.29, 0.717) is 36.8 Å². The fraction of sp³-hybridized carbons (Fsp3) is 0.407. The van der Waals surface area contributed by atoms with E-state index in [1.54, 1.807) is 0 Å². The lowest BCUT2D eigenvalue weighted by Gasteiger charge is -2.13. The summed E-state index contributed by atoms with van der Waals surface area (Å²) in [5, 5.41) is 0. The Morgan fingerprint density at radius 1 is 0.774 bits per heavy atom. The van der Waals surface area contributed by atoms with E-state index >= 15 is 0 Å².